The molecule has 170 valence electrons. The van der Waals surface area contributed by atoms with Gasteiger partial charge in [-0.15, -0.1) is 0 Å². The molecular weight excluding hydrogens is 418 g/mol. The summed E-state index contributed by atoms with van der Waals surface area (Å²) >= 11 is 0. The number of methoxy groups -OCH3 is 1. The summed E-state index contributed by atoms with van der Waals surface area (Å²) in [5.74, 6) is -1.18. The molecule has 0 aliphatic heterocycles. The van der Waals surface area contributed by atoms with E-state index in [1.807, 2.05) is 55.5 Å². The van der Waals surface area contributed by atoms with Crippen molar-refractivity contribution in [2.24, 2.45) is 0 Å². The molecule has 7 heteroatoms. The SMILES string of the molecule is COc1ccc(CCNC(=O)C(=O)Nc2ccccc2C(=O)NCc2cccc(C)c2)cc1. The van der Waals surface area contributed by atoms with E-state index in [1.54, 1.807) is 31.4 Å². The largest absolute Gasteiger partial charge is 0.497 e. The Morgan fingerprint density at radius 3 is 2.30 bits per heavy atom. The van der Waals surface area contributed by atoms with Crippen molar-refractivity contribution in [2.45, 2.75) is 19.9 Å². The van der Waals surface area contributed by atoms with Crippen molar-refractivity contribution in [1.29, 1.82) is 0 Å². The van der Waals surface area contributed by atoms with Crippen LogP contribution in [0.4, 0.5) is 5.69 Å². The molecule has 0 radical (unpaired) electrons. The van der Waals surface area contributed by atoms with E-state index < -0.39 is 11.8 Å². The van der Waals surface area contributed by atoms with E-state index >= 15 is 0 Å². The van der Waals surface area contributed by atoms with Crippen LogP contribution in [-0.2, 0) is 22.6 Å². The third-order valence-electron chi connectivity index (χ3n) is 5.02. The zero-order valence-electron chi connectivity index (χ0n) is 18.7. The van der Waals surface area contributed by atoms with Crippen molar-refractivity contribution in [3.8, 4) is 5.75 Å². The highest BCUT2D eigenvalue weighted by Crippen LogP contribution is 2.15. The predicted octanol–water partition coefficient (Wildman–Crippen LogP) is 3.23. The Balaban J connectivity index is 1.53. The van der Waals surface area contributed by atoms with Crippen molar-refractivity contribution in [1.82, 2.24) is 10.6 Å². The highest BCUT2D eigenvalue weighted by Gasteiger charge is 2.17. The van der Waals surface area contributed by atoms with E-state index in [2.05, 4.69) is 16.0 Å². The molecular formula is C26H27N3O4. The Labute approximate surface area is 193 Å². The van der Waals surface area contributed by atoms with Gasteiger partial charge < -0.3 is 20.7 Å². The van der Waals surface area contributed by atoms with E-state index in [0.29, 0.717) is 19.5 Å². The topological polar surface area (TPSA) is 96.5 Å². The van der Waals surface area contributed by atoms with Crippen LogP contribution in [0.5, 0.6) is 5.75 Å². The lowest BCUT2D eigenvalue weighted by Gasteiger charge is -2.12. The summed E-state index contributed by atoms with van der Waals surface area (Å²) in [5.41, 5.74) is 3.64. The second-order valence-electron chi connectivity index (χ2n) is 7.53. The molecule has 0 unspecified atom stereocenters. The van der Waals surface area contributed by atoms with Crippen LogP contribution in [-0.4, -0.2) is 31.4 Å². The summed E-state index contributed by atoms with van der Waals surface area (Å²) in [4.78, 5) is 37.3. The summed E-state index contributed by atoms with van der Waals surface area (Å²) < 4.78 is 5.12. The van der Waals surface area contributed by atoms with Crippen molar-refractivity contribution in [2.75, 3.05) is 19.0 Å². The number of hydrogen-bond acceptors (Lipinski definition) is 4. The monoisotopic (exact) mass is 445 g/mol. The van der Waals surface area contributed by atoms with Gasteiger partial charge in [-0.1, -0.05) is 54.1 Å². The number of carbonyl (C=O) groups is 3. The Bertz CT molecular complexity index is 1130. The van der Waals surface area contributed by atoms with E-state index in [1.165, 1.54) is 0 Å². The molecule has 7 nitrogen and oxygen atoms in total. The molecule has 0 saturated carbocycles. The smallest absolute Gasteiger partial charge is 0.313 e. The average molecular weight is 446 g/mol. The maximum atomic E-state index is 12.7. The van der Waals surface area contributed by atoms with Crippen LogP contribution in [0.15, 0.2) is 72.8 Å². The van der Waals surface area contributed by atoms with Gasteiger partial charge in [-0.25, -0.2) is 0 Å². The van der Waals surface area contributed by atoms with Crippen LogP contribution < -0.4 is 20.7 Å². The first-order chi connectivity index (χ1) is 16.0. The predicted molar refractivity (Wildman–Crippen MR) is 127 cm³/mol. The molecule has 0 fully saturated rings. The highest BCUT2D eigenvalue weighted by molar-refractivity contribution is 6.40. The summed E-state index contributed by atoms with van der Waals surface area (Å²) in [6, 6.07) is 21.9. The molecule has 0 aromatic heterocycles. The van der Waals surface area contributed by atoms with Gasteiger partial charge in [0, 0.05) is 13.1 Å². The van der Waals surface area contributed by atoms with Crippen LogP contribution in [0, 0.1) is 6.92 Å². The normalized spacial score (nSPS) is 10.2. The van der Waals surface area contributed by atoms with Gasteiger partial charge in [0.15, 0.2) is 0 Å². The molecule has 3 amide bonds. The number of amides is 3. The quantitative estimate of drug-likeness (QED) is 0.464. The third kappa shape index (κ3) is 6.93. The van der Waals surface area contributed by atoms with Gasteiger partial charge in [0.1, 0.15) is 5.75 Å². The van der Waals surface area contributed by atoms with Gasteiger partial charge in [0.05, 0.1) is 18.4 Å². The number of carbonyl (C=O) groups excluding carboxylic acids is 3. The fourth-order valence-electron chi connectivity index (χ4n) is 3.26. The molecule has 0 bridgehead atoms. The third-order valence-corrected chi connectivity index (χ3v) is 5.02. The lowest BCUT2D eigenvalue weighted by Crippen LogP contribution is -2.37. The molecule has 3 N–H and O–H groups in total. The number of para-hydroxylation sites is 1. The summed E-state index contributed by atoms with van der Waals surface area (Å²) in [6.07, 6.45) is 0.570. The zero-order chi connectivity index (χ0) is 23.6. The molecule has 3 aromatic rings. The minimum atomic E-state index is -0.830. The Hall–Kier alpha value is -4.13. The first-order valence-corrected chi connectivity index (χ1v) is 10.6. The number of nitrogens with one attached hydrogen (secondary N) is 3. The standard InChI is InChI=1S/C26H27N3O4/c1-18-6-5-7-20(16-18)17-28-24(30)22-8-3-4-9-23(22)29-26(32)25(31)27-15-14-19-10-12-21(33-2)13-11-19/h3-13,16H,14-15,17H2,1-2H3,(H,27,31)(H,28,30)(H,29,32). The molecule has 0 heterocycles. The molecule has 33 heavy (non-hydrogen) atoms. The van der Waals surface area contributed by atoms with Crippen LogP contribution in [0.1, 0.15) is 27.0 Å². The lowest BCUT2D eigenvalue weighted by molar-refractivity contribution is -0.136. The number of aryl methyl sites for hydroxylation is 1. The van der Waals surface area contributed by atoms with E-state index in [4.69, 9.17) is 4.74 Å². The average Bonchev–Trinajstić information content (AvgIpc) is 2.83. The van der Waals surface area contributed by atoms with Gasteiger partial charge in [-0.2, -0.15) is 0 Å². The molecule has 3 aromatic carbocycles. The van der Waals surface area contributed by atoms with Crippen LogP contribution in [0.3, 0.4) is 0 Å². The zero-order valence-corrected chi connectivity index (χ0v) is 18.7. The van der Waals surface area contributed by atoms with E-state index in [9.17, 15) is 14.4 Å². The molecule has 0 saturated heterocycles. The Kier molecular flexibility index (Phi) is 8.18. The van der Waals surface area contributed by atoms with Gasteiger partial charge in [-0.3, -0.25) is 14.4 Å². The minimum absolute atomic E-state index is 0.273. The number of ether oxygens (including phenoxy) is 1. The van der Waals surface area contributed by atoms with E-state index in [0.717, 1.165) is 22.4 Å². The molecule has 0 atom stereocenters. The lowest BCUT2D eigenvalue weighted by atomic mass is 10.1. The molecule has 0 spiro atoms. The summed E-state index contributed by atoms with van der Waals surface area (Å²) in [6.45, 7) is 2.64. The number of hydrogen-bond donors (Lipinski definition) is 3. The second-order valence-corrected chi connectivity index (χ2v) is 7.53. The van der Waals surface area contributed by atoms with Crippen LogP contribution in [0.2, 0.25) is 0 Å². The van der Waals surface area contributed by atoms with Gasteiger partial charge in [-0.05, 0) is 48.7 Å². The number of rotatable bonds is 8. The maximum Gasteiger partial charge on any atom is 0.313 e. The minimum Gasteiger partial charge on any atom is -0.497 e. The van der Waals surface area contributed by atoms with Crippen molar-refractivity contribution < 1.29 is 19.1 Å². The van der Waals surface area contributed by atoms with Gasteiger partial charge in [0.25, 0.3) is 5.91 Å². The number of anilines is 1. The van der Waals surface area contributed by atoms with Crippen molar-refractivity contribution >= 4 is 23.4 Å². The fourth-order valence-corrected chi connectivity index (χ4v) is 3.26. The van der Waals surface area contributed by atoms with E-state index in [-0.39, 0.29) is 17.2 Å². The first-order valence-electron chi connectivity index (χ1n) is 10.6. The van der Waals surface area contributed by atoms with Crippen LogP contribution >= 0.6 is 0 Å². The molecule has 0 aliphatic carbocycles. The summed E-state index contributed by atoms with van der Waals surface area (Å²) in [5, 5.41) is 7.98. The van der Waals surface area contributed by atoms with Gasteiger partial charge >= 0.3 is 11.8 Å². The Morgan fingerprint density at radius 2 is 1.58 bits per heavy atom. The highest BCUT2D eigenvalue weighted by atomic mass is 16.5. The van der Waals surface area contributed by atoms with Crippen molar-refractivity contribution in [3.63, 3.8) is 0 Å². The van der Waals surface area contributed by atoms with Crippen molar-refractivity contribution in [3.05, 3.63) is 95.1 Å². The number of benzene rings is 3. The first kappa shape index (κ1) is 23.5. The summed E-state index contributed by atoms with van der Waals surface area (Å²) in [7, 11) is 1.60. The Morgan fingerprint density at radius 1 is 0.818 bits per heavy atom. The molecule has 3 rings (SSSR count). The van der Waals surface area contributed by atoms with Crippen LogP contribution in [0.25, 0.3) is 0 Å². The van der Waals surface area contributed by atoms with Gasteiger partial charge in [0.2, 0.25) is 0 Å². The second kappa shape index (κ2) is 11.5. The maximum absolute atomic E-state index is 12.7. The fraction of sp³-hybridized carbons (Fsp3) is 0.192. The molecule has 0 aliphatic rings.